The number of likely N-dealkylation sites (N-methyl/N-ethyl adjacent to an activating group) is 1. The van der Waals surface area contributed by atoms with E-state index in [0.717, 1.165) is 0 Å². The number of carboxylic acids is 1. The Morgan fingerprint density at radius 3 is 2.81 bits per heavy atom. The molecule has 0 aliphatic carbocycles. The minimum atomic E-state index is -0.841. The zero-order chi connectivity index (χ0) is 12.0. The van der Waals surface area contributed by atoms with Crippen molar-refractivity contribution in [2.24, 2.45) is 0 Å². The van der Waals surface area contributed by atoms with Gasteiger partial charge in [-0.3, -0.25) is 9.59 Å². The predicted octanol–water partition coefficient (Wildman–Crippen LogP) is 1.15. The number of amides is 1. The highest BCUT2D eigenvalue weighted by Crippen LogP contribution is 2.03. The van der Waals surface area contributed by atoms with E-state index >= 15 is 0 Å². The topological polar surface area (TPSA) is 70.8 Å². The number of carboxylic acid groups (broad SMARTS) is 1. The summed E-state index contributed by atoms with van der Waals surface area (Å²) in [5, 5.41) is 8.45. The molecule has 0 aromatic carbocycles. The smallest absolute Gasteiger partial charge is 0.303 e. The molecule has 1 heterocycles. The van der Waals surface area contributed by atoms with E-state index in [4.69, 9.17) is 9.52 Å². The van der Waals surface area contributed by atoms with Gasteiger partial charge in [-0.05, 0) is 18.6 Å². The molecule has 1 aromatic heterocycles. The minimum absolute atomic E-state index is 0.0691. The van der Waals surface area contributed by atoms with Crippen LogP contribution < -0.4 is 0 Å². The molecule has 0 aliphatic heterocycles. The molecule has 0 fully saturated rings. The van der Waals surface area contributed by atoms with Gasteiger partial charge in [0.25, 0.3) is 0 Å². The molecule has 5 heteroatoms. The van der Waals surface area contributed by atoms with Gasteiger partial charge in [0, 0.05) is 20.0 Å². The third kappa shape index (κ3) is 4.16. The van der Waals surface area contributed by atoms with Crippen molar-refractivity contribution in [3.05, 3.63) is 24.2 Å². The lowest BCUT2D eigenvalue weighted by Gasteiger charge is -2.15. The molecule has 0 saturated carbocycles. The lowest BCUT2D eigenvalue weighted by molar-refractivity contribution is -0.138. The van der Waals surface area contributed by atoms with E-state index in [1.807, 2.05) is 0 Å². The summed E-state index contributed by atoms with van der Waals surface area (Å²) in [5.74, 6) is -0.290. The summed E-state index contributed by atoms with van der Waals surface area (Å²) in [7, 11) is 1.66. The van der Waals surface area contributed by atoms with Gasteiger partial charge in [0.1, 0.15) is 5.76 Å². The van der Waals surface area contributed by atoms with E-state index in [9.17, 15) is 9.59 Å². The fraction of sp³-hybridized carbons (Fsp3) is 0.455. The predicted molar refractivity (Wildman–Crippen MR) is 56.9 cm³/mol. The monoisotopic (exact) mass is 225 g/mol. The zero-order valence-corrected chi connectivity index (χ0v) is 9.18. The fourth-order valence-corrected chi connectivity index (χ4v) is 1.29. The van der Waals surface area contributed by atoms with Gasteiger partial charge in [0.15, 0.2) is 0 Å². The first-order valence-electron chi connectivity index (χ1n) is 5.07. The Hall–Kier alpha value is -1.78. The maximum atomic E-state index is 11.6. The lowest BCUT2D eigenvalue weighted by atomic mass is 10.2. The van der Waals surface area contributed by atoms with Crippen molar-refractivity contribution in [1.29, 1.82) is 0 Å². The van der Waals surface area contributed by atoms with Gasteiger partial charge in [-0.25, -0.2) is 0 Å². The fourth-order valence-electron chi connectivity index (χ4n) is 1.29. The molecular weight excluding hydrogens is 210 g/mol. The molecule has 88 valence electrons. The van der Waals surface area contributed by atoms with Crippen molar-refractivity contribution in [1.82, 2.24) is 4.90 Å². The van der Waals surface area contributed by atoms with Crippen LogP contribution in [0, 0.1) is 0 Å². The Morgan fingerprint density at radius 1 is 1.50 bits per heavy atom. The highest BCUT2D eigenvalue weighted by atomic mass is 16.4. The van der Waals surface area contributed by atoms with Gasteiger partial charge in [-0.1, -0.05) is 0 Å². The second-order valence-corrected chi connectivity index (χ2v) is 3.57. The van der Waals surface area contributed by atoms with Crippen molar-refractivity contribution in [3.63, 3.8) is 0 Å². The maximum absolute atomic E-state index is 11.6. The van der Waals surface area contributed by atoms with E-state index in [1.54, 1.807) is 19.2 Å². The Kier molecular flexibility index (Phi) is 4.57. The Morgan fingerprint density at radius 2 is 2.25 bits per heavy atom. The van der Waals surface area contributed by atoms with Gasteiger partial charge in [0.05, 0.1) is 12.7 Å². The average molecular weight is 225 g/mol. The van der Waals surface area contributed by atoms with Gasteiger partial charge < -0.3 is 14.4 Å². The number of hydrogen-bond donors (Lipinski definition) is 1. The molecule has 0 spiro atoms. The molecule has 0 atom stereocenters. The summed E-state index contributed by atoms with van der Waals surface area (Å²) >= 11 is 0. The number of hydrogen-bond acceptors (Lipinski definition) is 3. The van der Waals surface area contributed by atoms with E-state index in [1.165, 1.54) is 11.2 Å². The van der Waals surface area contributed by atoms with Crippen LogP contribution in [0.2, 0.25) is 0 Å². The van der Waals surface area contributed by atoms with Crippen molar-refractivity contribution in [3.8, 4) is 0 Å². The van der Waals surface area contributed by atoms with Crippen molar-refractivity contribution < 1.29 is 19.1 Å². The van der Waals surface area contributed by atoms with Crippen LogP contribution in [0.5, 0.6) is 0 Å². The Labute approximate surface area is 93.7 Å². The minimum Gasteiger partial charge on any atom is -0.481 e. The normalized spacial score (nSPS) is 10.1. The van der Waals surface area contributed by atoms with Crippen molar-refractivity contribution >= 4 is 11.9 Å². The van der Waals surface area contributed by atoms with Gasteiger partial charge >= 0.3 is 5.97 Å². The van der Waals surface area contributed by atoms with E-state index in [-0.39, 0.29) is 18.7 Å². The third-order valence-electron chi connectivity index (χ3n) is 2.22. The second kappa shape index (κ2) is 5.95. The van der Waals surface area contributed by atoms with Crippen LogP contribution in [0.3, 0.4) is 0 Å². The first-order valence-corrected chi connectivity index (χ1v) is 5.07. The van der Waals surface area contributed by atoms with Crippen molar-refractivity contribution in [2.45, 2.75) is 19.3 Å². The van der Waals surface area contributed by atoms with Crippen LogP contribution in [0.25, 0.3) is 0 Å². The number of carbonyl (C=O) groups excluding carboxylic acids is 1. The standard InChI is InChI=1S/C11H15NO4/c1-12(6-2-5-11(14)15)10(13)8-9-4-3-7-16-9/h3-4,7H,2,5-6,8H2,1H3,(H,14,15). The largest absolute Gasteiger partial charge is 0.481 e. The number of rotatable bonds is 6. The molecule has 1 N–H and O–H groups in total. The SMILES string of the molecule is CN(CCCC(=O)O)C(=O)Cc1ccco1. The molecule has 0 aliphatic rings. The second-order valence-electron chi connectivity index (χ2n) is 3.57. The molecule has 1 rings (SSSR count). The Bertz CT molecular complexity index is 345. The van der Waals surface area contributed by atoms with E-state index in [2.05, 4.69) is 0 Å². The summed E-state index contributed by atoms with van der Waals surface area (Å²) in [6, 6.07) is 3.47. The molecule has 0 radical (unpaired) electrons. The highest BCUT2D eigenvalue weighted by molar-refractivity contribution is 5.77. The average Bonchev–Trinajstić information content (AvgIpc) is 2.69. The Balaban J connectivity index is 2.28. The molecule has 1 amide bonds. The lowest BCUT2D eigenvalue weighted by Crippen LogP contribution is -2.29. The van der Waals surface area contributed by atoms with Crippen LogP contribution in [-0.2, 0) is 16.0 Å². The van der Waals surface area contributed by atoms with Crippen LogP contribution in [0.4, 0.5) is 0 Å². The number of furan rings is 1. The summed E-state index contributed by atoms with van der Waals surface area (Å²) in [6.45, 7) is 0.450. The number of aliphatic carboxylic acids is 1. The summed E-state index contributed by atoms with van der Waals surface area (Å²) < 4.78 is 5.06. The van der Waals surface area contributed by atoms with Crippen LogP contribution in [0.1, 0.15) is 18.6 Å². The number of nitrogens with zero attached hydrogens (tertiary/aromatic N) is 1. The molecule has 1 aromatic rings. The van der Waals surface area contributed by atoms with Crippen LogP contribution in [0.15, 0.2) is 22.8 Å². The van der Waals surface area contributed by atoms with Crippen molar-refractivity contribution in [2.75, 3.05) is 13.6 Å². The van der Waals surface area contributed by atoms with Crippen LogP contribution in [-0.4, -0.2) is 35.5 Å². The van der Waals surface area contributed by atoms with Gasteiger partial charge in [0.2, 0.25) is 5.91 Å². The summed E-state index contributed by atoms with van der Waals surface area (Å²) in [4.78, 5) is 23.4. The molecule has 0 saturated heterocycles. The molecule has 0 bridgehead atoms. The quantitative estimate of drug-likeness (QED) is 0.788. The molecule has 16 heavy (non-hydrogen) atoms. The van der Waals surface area contributed by atoms with E-state index < -0.39 is 5.97 Å². The number of carbonyl (C=O) groups is 2. The van der Waals surface area contributed by atoms with Gasteiger partial charge in [-0.15, -0.1) is 0 Å². The first kappa shape index (κ1) is 12.3. The van der Waals surface area contributed by atoms with Crippen LogP contribution >= 0.6 is 0 Å². The molecule has 5 nitrogen and oxygen atoms in total. The molecular formula is C11H15NO4. The zero-order valence-electron chi connectivity index (χ0n) is 9.18. The third-order valence-corrected chi connectivity index (χ3v) is 2.22. The summed E-state index contributed by atoms with van der Waals surface area (Å²) in [5.41, 5.74) is 0. The van der Waals surface area contributed by atoms with Gasteiger partial charge in [-0.2, -0.15) is 0 Å². The highest BCUT2D eigenvalue weighted by Gasteiger charge is 2.11. The summed E-state index contributed by atoms with van der Waals surface area (Å²) in [6.07, 6.45) is 2.29. The first-order chi connectivity index (χ1) is 7.59. The maximum Gasteiger partial charge on any atom is 0.303 e. The van der Waals surface area contributed by atoms with E-state index in [0.29, 0.717) is 18.7 Å². The molecule has 0 unspecified atom stereocenters.